The van der Waals surface area contributed by atoms with Crippen molar-refractivity contribution < 1.29 is 13.9 Å². The summed E-state index contributed by atoms with van der Waals surface area (Å²) in [5.41, 5.74) is 3.93. The van der Waals surface area contributed by atoms with Gasteiger partial charge in [-0.25, -0.2) is 9.07 Å². The van der Waals surface area contributed by atoms with E-state index >= 15 is 0 Å². The zero-order valence-corrected chi connectivity index (χ0v) is 18.6. The van der Waals surface area contributed by atoms with Gasteiger partial charge in [0.2, 0.25) is 0 Å². The Kier molecular flexibility index (Phi) is 5.18. The minimum absolute atomic E-state index is 0.217. The highest BCUT2D eigenvalue weighted by atomic mass is 19.1. The van der Waals surface area contributed by atoms with Crippen molar-refractivity contribution >= 4 is 16.7 Å². The molecule has 8 heteroatoms. The highest BCUT2D eigenvalue weighted by molar-refractivity contribution is 5.92. The molecule has 3 heterocycles. The average Bonchev–Trinajstić information content (AvgIpc) is 3.26. The van der Waals surface area contributed by atoms with Crippen LogP contribution in [0.5, 0.6) is 11.5 Å². The van der Waals surface area contributed by atoms with Crippen molar-refractivity contribution in [2.45, 2.75) is 6.54 Å². The molecule has 0 atom stereocenters. The number of ether oxygens (including phenoxy) is 2. The predicted molar refractivity (Wildman–Crippen MR) is 132 cm³/mol. The summed E-state index contributed by atoms with van der Waals surface area (Å²) in [7, 11) is 0. The topological polar surface area (TPSA) is 81.2 Å². The van der Waals surface area contributed by atoms with Crippen molar-refractivity contribution in [3.05, 3.63) is 101 Å². The minimum Gasteiger partial charge on any atom is -0.486 e. The molecule has 5 aromatic rings. The number of pyridine rings is 1. The lowest BCUT2D eigenvalue weighted by Crippen LogP contribution is -2.17. The molecule has 1 aliphatic rings. The monoisotopic (exact) mass is 468 g/mol. The summed E-state index contributed by atoms with van der Waals surface area (Å²) in [5, 5.41) is 8.83. The van der Waals surface area contributed by atoms with Gasteiger partial charge in [-0.1, -0.05) is 18.2 Å². The largest absolute Gasteiger partial charge is 0.486 e. The van der Waals surface area contributed by atoms with Crippen LogP contribution in [0.15, 0.2) is 83.7 Å². The Hall–Kier alpha value is -4.59. The van der Waals surface area contributed by atoms with Crippen molar-refractivity contribution in [2.75, 3.05) is 18.5 Å². The van der Waals surface area contributed by atoms with Crippen LogP contribution in [0, 0.1) is 5.82 Å². The van der Waals surface area contributed by atoms with Gasteiger partial charge in [-0.05, 0) is 54.6 Å². The Morgan fingerprint density at radius 1 is 0.943 bits per heavy atom. The first-order chi connectivity index (χ1) is 17.2. The van der Waals surface area contributed by atoms with E-state index in [2.05, 4.69) is 10.3 Å². The Morgan fingerprint density at radius 3 is 2.51 bits per heavy atom. The Morgan fingerprint density at radius 2 is 1.71 bits per heavy atom. The van der Waals surface area contributed by atoms with Crippen LogP contribution in [0.25, 0.3) is 28.0 Å². The van der Waals surface area contributed by atoms with Crippen molar-refractivity contribution in [3.63, 3.8) is 0 Å². The molecule has 0 radical (unpaired) electrons. The van der Waals surface area contributed by atoms with Crippen LogP contribution in [-0.2, 0) is 6.54 Å². The zero-order chi connectivity index (χ0) is 23.8. The van der Waals surface area contributed by atoms with Gasteiger partial charge in [-0.15, -0.1) is 0 Å². The molecule has 0 fully saturated rings. The van der Waals surface area contributed by atoms with Crippen LogP contribution in [-0.4, -0.2) is 28.0 Å². The maximum absolute atomic E-state index is 13.6. The number of nitrogens with zero attached hydrogens (tertiary/aromatic N) is 2. The van der Waals surface area contributed by atoms with Gasteiger partial charge in [-0.3, -0.25) is 4.79 Å². The van der Waals surface area contributed by atoms with Gasteiger partial charge in [-0.2, -0.15) is 5.10 Å². The Labute approximate surface area is 199 Å². The molecule has 0 amide bonds. The summed E-state index contributed by atoms with van der Waals surface area (Å²) < 4.78 is 26.5. The van der Waals surface area contributed by atoms with Gasteiger partial charge in [0.05, 0.1) is 5.69 Å². The molecule has 2 aromatic heterocycles. The second-order valence-corrected chi connectivity index (χ2v) is 8.20. The Bertz CT molecular complexity index is 1580. The van der Waals surface area contributed by atoms with Crippen LogP contribution in [0.4, 0.5) is 10.1 Å². The van der Waals surface area contributed by atoms with E-state index < -0.39 is 0 Å². The van der Waals surface area contributed by atoms with Gasteiger partial charge in [0.25, 0.3) is 5.56 Å². The van der Waals surface area contributed by atoms with Gasteiger partial charge >= 0.3 is 0 Å². The summed E-state index contributed by atoms with van der Waals surface area (Å²) in [6.45, 7) is 1.33. The van der Waals surface area contributed by atoms with Crippen LogP contribution in [0.2, 0.25) is 0 Å². The first kappa shape index (κ1) is 21.0. The van der Waals surface area contributed by atoms with Crippen LogP contribution < -0.4 is 20.3 Å². The first-order valence-electron chi connectivity index (χ1n) is 11.3. The number of anilines is 1. The fourth-order valence-corrected chi connectivity index (χ4v) is 4.17. The number of halogens is 1. The second-order valence-electron chi connectivity index (χ2n) is 8.20. The predicted octanol–water partition coefficient (Wildman–Crippen LogP) is 4.90. The molecule has 0 spiro atoms. The second kappa shape index (κ2) is 8.64. The summed E-state index contributed by atoms with van der Waals surface area (Å²) in [4.78, 5) is 16.0. The molecule has 3 aromatic carbocycles. The molecular formula is C27H21FN4O3. The molecule has 6 rings (SSSR count). The van der Waals surface area contributed by atoms with Gasteiger partial charge in [0, 0.05) is 34.8 Å². The standard InChI is InChI=1S/C27H21FN4O3/c28-19-8-6-17(7-9-19)25-22-14-18(16-29-20-10-11-23-24(15-20)35-13-12-34-23)27(33)30-26(22)32(31-25)21-4-2-1-3-5-21/h1-11,14-15,29H,12-13,16H2,(H,30,33). The number of aromatic amines is 1. The maximum atomic E-state index is 13.6. The van der Waals surface area contributed by atoms with Gasteiger partial charge in [0.1, 0.15) is 30.4 Å². The molecule has 0 bridgehead atoms. The van der Waals surface area contributed by atoms with Crippen molar-refractivity contribution in [1.82, 2.24) is 14.8 Å². The number of nitrogens with one attached hydrogen (secondary N) is 2. The lowest BCUT2D eigenvalue weighted by atomic mass is 10.1. The number of hydrogen-bond acceptors (Lipinski definition) is 5. The third kappa shape index (κ3) is 3.99. The fraction of sp³-hybridized carbons (Fsp3) is 0.111. The summed E-state index contributed by atoms with van der Waals surface area (Å²) in [5.74, 6) is 1.06. The van der Waals surface area contributed by atoms with Crippen molar-refractivity contribution in [3.8, 4) is 28.4 Å². The number of para-hydroxylation sites is 1. The summed E-state index contributed by atoms with van der Waals surface area (Å²) in [6, 6.07) is 23.2. The summed E-state index contributed by atoms with van der Waals surface area (Å²) in [6.07, 6.45) is 0. The number of hydrogen-bond donors (Lipinski definition) is 2. The molecule has 0 unspecified atom stereocenters. The average molecular weight is 468 g/mol. The lowest BCUT2D eigenvalue weighted by Gasteiger charge is -2.19. The molecule has 174 valence electrons. The van der Waals surface area contributed by atoms with E-state index in [1.54, 1.807) is 16.8 Å². The van der Waals surface area contributed by atoms with Crippen LogP contribution in [0.1, 0.15) is 5.56 Å². The van der Waals surface area contributed by atoms with E-state index in [1.807, 2.05) is 54.6 Å². The first-order valence-corrected chi connectivity index (χ1v) is 11.3. The smallest absolute Gasteiger partial charge is 0.254 e. The van der Waals surface area contributed by atoms with E-state index in [0.717, 1.165) is 22.3 Å². The lowest BCUT2D eigenvalue weighted by molar-refractivity contribution is 0.171. The molecule has 0 saturated heterocycles. The van der Waals surface area contributed by atoms with Crippen molar-refractivity contribution in [2.24, 2.45) is 0 Å². The fourth-order valence-electron chi connectivity index (χ4n) is 4.17. The van der Waals surface area contributed by atoms with Crippen molar-refractivity contribution in [1.29, 1.82) is 0 Å². The molecule has 1 aliphatic heterocycles. The molecule has 0 saturated carbocycles. The SMILES string of the molecule is O=c1[nH]c2c(cc1CNc1ccc3c(c1)OCCO3)c(-c1ccc(F)cc1)nn2-c1ccccc1. The van der Waals surface area contributed by atoms with Crippen LogP contribution in [0.3, 0.4) is 0 Å². The van der Waals surface area contributed by atoms with E-state index in [1.165, 1.54) is 12.1 Å². The summed E-state index contributed by atoms with van der Waals surface area (Å²) >= 11 is 0. The van der Waals surface area contributed by atoms with Gasteiger partial charge in [0.15, 0.2) is 11.5 Å². The number of aromatic nitrogens is 3. The highest BCUT2D eigenvalue weighted by Crippen LogP contribution is 2.33. The molecule has 7 nitrogen and oxygen atoms in total. The third-order valence-electron chi connectivity index (χ3n) is 5.91. The van der Waals surface area contributed by atoms with Gasteiger partial charge < -0.3 is 19.8 Å². The van der Waals surface area contributed by atoms with E-state index in [0.29, 0.717) is 48.2 Å². The molecule has 2 N–H and O–H groups in total. The minimum atomic E-state index is -0.321. The molecule has 0 aliphatic carbocycles. The number of fused-ring (bicyclic) bond motifs is 2. The quantitative estimate of drug-likeness (QED) is 0.383. The zero-order valence-electron chi connectivity index (χ0n) is 18.6. The van der Waals surface area contributed by atoms with E-state index in [-0.39, 0.29) is 11.4 Å². The third-order valence-corrected chi connectivity index (χ3v) is 5.91. The molecule has 35 heavy (non-hydrogen) atoms. The number of benzene rings is 3. The number of H-pyrrole nitrogens is 1. The maximum Gasteiger partial charge on any atom is 0.254 e. The van der Waals surface area contributed by atoms with Crippen LogP contribution >= 0.6 is 0 Å². The highest BCUT2D eigenvalue weighted by Gasteiger charge is 2.17. The number of rotatable bonds is 5. The normalized spacial score (nSPS) is 12.6. The van der Waals surface area contributed by atoms with E-state index in [4.69, 9.17) is 14.6 Å². The molecular weight excluding hydrogens is 447 g/mol. The van der Waals surface area contributed by atoms with E-state index in [9.17, 15) is 9.18 Å². The Balaban J connectivity index is 1.41.